The number of phenols is 1. The van der Waals surface area contributed by atoms with Crippen LogP contribution in [-0.4, -0.2) is 25.9 Å². The fraction of sp³-hybridized carbons (Fsp3) is 0.438. The highest BCUT2D eigenvalue weighted by Gasteiger charge is 2.26. The van der Waals surface area contributed by atoms with Crippen molar-refractivity contribution in [1.82, 2.24) is 25.4 Å². The van der Waals surface area contributed by atoms with E-state index in [0.717, 1.165) is 55.0 Å². The van der Waals surface area contributed by atoms with Crippen molar-refractivity contribution in [3.05, 3.63) is 41.0 Å². The molecule has 2 heterocycles. The summed E-state index contributed by atoms with van der Waals surface area (Å²) in [7, 11) is 0. The first-order chi connectivity index (χ1) is 11.2. The van der Waals surface area contributed by atoms with Crippen molar-refractivity contribution >= 4 is 6.03 Å². The first-order valence-corrected chi connectivity index (χ1v) is 7.98. The van der Waals surface area contributed by atoms with Crippen LogP contribution in [0.25, 0.3) is 0 Å². The lowest BCUT2D eigenvalue weighted by atomic mass is 10.1. The summed E-state index contributed by atoms with van der Waals surface area (Å²) in [6.45, 7) is 1.30. The number of hydrogen-bond donors (Lipinski definition) is 3. The zero-order valence-electron chi connectivity index (χ0n) is 12.7. The van der Waals surface area contributed by atoms with Crippen LogP contribution in [0.3, 0.4) is 0 Å². The van der Waals surface area contributed by atoms with Crippen LogP contribution >= 0.6 is 0 Å². The molecule has 1 atom stereocenters. The number of aryl methyl sites for hydroxylation is 1. The summed E-state index contributed by atoms with van der Waals surface area (Å²) >= 11 is 0. The molecule has 7 nitrogen and oxygen atoms in total. The van der Waals surface area contributed by atoms with E-state index in [0.29, 0.717) is 12.3 Å². The summed E-state index contributed by atoms with van der Waals surface area (Å²) in [5.41, 5.74) is 1.94. The van der Waals surface area contributed by atoms with E-state index >= 15 is 0 Å². The molecule has 1 aliphatic heterocycles. The minimum absolute atomic E-state index is 0.0544. The molecule has 0 fully saturated rings. The molecule has 2 amide bonds. The van der Waals surface area contributed by atoms with Crippen LogP contribution in [0.5, 0.6) is 5.75 Å². The number of carbonyl (C=O) groups excluding carboxylic acids is 1. The number of carbonyl (C=O) groups is 1. The van der Waals surface area contributed by atoms with E-state index in [1.54, 1.807) is 6.07 Å². The second-order valence-electron chi connectivity index (χ2n) is 6.05. The molecular weight excluding hydrogens is 294 g/mol. The fourth-order valence-electron chi connectivity index (χ4n) is 3.50. The van der Waals surface area contributed by atoms with Gasteiger partial charge in [-0.3, -0.25) is 0 Å². The van der Waals surface area contributed by atoms with E-state index in [1.165, 1.54) is 0 Å². The van der Waals surface area contributed by atoms with Gasteiger partial charge in [0.25, 0.3) is 0 Å². The molecule has 0 unspecified atom stereocenters. The van der Waals surface area contributed by atoms with E-state index in [2.05, 4.69) is 25.4 Å². The fourth-order valence-corrected chi connectivity index (χ4v) is 3.50. The van der Waals surface area contributed by atoms with Crippen molar-refractivity contribution in [3.63, 3.8) is 0 Å². The van der Waals surface area contributed by atoms with E-state index in [4.69, 9.17) is 0 Å². The molecule has 1 aromatic heterocycles. The third kappa shape index (κ3) is 2.52. The van der Waals surface area contributed by atoms with Crippen LogP contribution in [0.4, 0.5) is 4.79 Å². The third-order valence-corrected chi connectivity index (χ3v) is 4.64. The number of aromatic hydroxyl groups is 1. The Bertz CT molecular complexity index is 755. The van der Waals surface area contributed by atoms with Gasteiger partial charge in [0, 0.05) is 13.0 Å². The molecule has 120 valence electrons. The van der Waals surface area contributed by atoms with Crippen molar-refractivity contribution in [1.29, 1.82) is 0 Å². The minimum atomic E-state index is -0.221. The summed E-state index contributed by atoms with van der Waals surface area (Å²) in [6, 6.07) is 5.18. The smallest absolute Gasteiger partial charge is 0.315 e. The summed E-state index contributed by atoms with van der Waals surface area (Å²) in [5.74, 6) is 2.12. The Labute approximate surface area is 133 Å². The van der Waals surface area contributed by atoms with Crippen LogP contribution in [0.1, 0.15) is 41.7 Å². The highest BCUT2D eigenvalue weighted by Crippen LogP contribution is 2.36. The number of hydrogen-bond acceptors (Lipinski definition) is 4. The van der Waals surface area contributed by atoms with Gasteiger partial charge in [-0.25, -0.2) is 4.79 Å². The van der Waals surface area contributed by atoms with Gasteiger partial charge in [0.2, 0.25) is 0 Å². The van der Waals surface area contributed by atoms with Crippen LogP contribution in [0, 0.1) is 0 Å². The highest BCUT2D eigenvalue weighted by atomic mass is 16.3. The zero-order valence-corrected chi connectivity index (χ0v) is 12.7. The Morgan fingerprint density at radius 1 is 1.35 bits per heavy atom. The molecule has 2 aliphatic rings. The Hall–Kier alpha value is -2.57. The van der Waals surface area contributed by atoms with Crippen molar-refractivity contribution in [2.45, 2.75) is 44.8 Å². The first kappa shape index (κ1) is 14.0. The lowest BCUT2D eigenvalue weighted by molar-refractivity contribution is 0.236. The van der Waals surface area contributed by atoms with E-state index < -0.39 is 0 Å². The summed E-state index contributed by atoms with van der Waals surface area (Å²) in [6.07, 6.45) is 3.64. The minimum Gasteiger partial charge on any atom is -0.508 e. The van der Waals surface area contributed by atoms with Crippen LogP contribution in [-0.2, 0) is 25.9 Å². The number of nitrogens with one attached hydrogen (secondary N) is 2. The number of phenolic OH excluding ortho intramolecular Hbond substituents is 1. The lowest BCUT2D eigenvalue weighted by Gasteiger charge is -2.15. The van der Waals surface area contributed by atoms with Gasteiger partial charge in [-0.15, -0.1) is 10.2 Å². The van der Waals surface area contributed by atoms with Crippen molar-refractivity contribution in [3.8, 4) is 5.75 Å². The van der Waals surface area contributed by atoms with Gasteiger partial charge >= 0.3 is 6.03 Å². The van der Waals surface area contributed by atoms with Gasteiger partial charge in [0.1, 0.15) is 11.6 Å². The maximum Gasteiger partial charge on any atom is 0.315 e. The molecule has 4 rings (SSSR count). The number of nitrogens with zero attached hydrogens (tertiary/aromatic N) is 3. The Morgan fingerprint density at radius 3 is 3.17 bits per heavy atom. The predicted octanol–water partition coefficient (Wildman–Crippen LogP) is 1.42. The van der Waals surface area contributed by atoms with Crippen molar-refractivity contribution in [2.24, 2.45) is 0 Å². The maximum absolute atomic E-state index is 12.1. The van der Waals surface area contributed by atoms with Gasteiger partial charge in [0.15, 0.2) is 5.82 Å². The predicted molar refractivity (Wildman–Crippen MR) is 82.9 cm³/mol. The third-order valence-electron chi connectivity index (χ3n) is 4.64. The SMILES string of the molecule is O=C(NCc1nnc2n1CCC2)N[C@H]1CCc2c(O)cccc21. The van der Waals surface area contributed by atoms with E-state index in [-0.39, 0.29) is 12.1 Å². The molecule has 0 saturated carbocycles. The molecule has 0 saturated heterocycles. The number of fused-ring (bicyclic) bond motifs is 2. The monoisotopic (exact) mass is 313 g/mol. The Kier molecular flexibility index (Phi) is 3.40. The topological polar surface area (TPSA) is 92.1 Å². The first-order valence-electron chi connectivity index (χ1n) is 7.98. The van der Waals surface area contributed by atoms with Gasteiger partial charge in [-0.1, -0.05) is 12.1 Å². The second-order valence-corrected chi connectivity index (χ2v) is 6.05. The van der Waals surface area contributed by atoms with E-state index in [1.807, 2.05) is 12.1 Å². The van der Waals surface area contributed by atoms with E-state index in [9.17, 15) is 9.90 Å². The zero-order chi connectivity index (χ0) is 15.8. The summed E-state index contributed by atoms with van der Waals surface area (Å²) in [4.78, 5) is 12.1. The second kappa shape index (κ2) is 5.57. The quantitative estimate of drug-likeness (QED) is 0.799. The molecule has 2 aromatic rings. The lowest BCUT2D eigenvalue weighted by Crippen LogP contribution is -2.37. The molecule has 0 bridgehead atoms. The average molecular weight is 313 g/mol. The molecular formula is C16H19N5O2. The maximum atomic E-state index is 12.1. The molecule has 3 N–H and O–H groups in total. The molecule has 7 heteroatoms. The Morgan fingerprint density at radius 2 is 2.26 bits per heavy atom. The van der Waals surface area contributed by atoms with Crippen LogP contribution < -0.4 is 10.6 Å². The van der Waals surface area contributed by atoms with Gasteiger partial charge in [-0.05, 0) is 36.5 Å². The number of rotatable bonds is 3. The summed E-state index contributed by atoms with van der Waals surface area (Å²) in [5, 5.41) is 23.9. The van der Waals surface area contributed by atoms with Crippen LogP contribution in [0.2, 0.25) is 0 Å². The van der Waals surface area contributed by atoms with Gasteiger partial charge in [0.05, 0.1) is 12.6 Å². The number of benzene rings is 1. The number of amides is 2. The van der Waals surface area contributed by atoms with Crippen molar-refractivity contribution in [2.75, 3.05) is 0 Å². The molecule has 23 heavy (non-hydrogen) atoms. The molecule has 0 spiro atoms. The average Bonchev–Trinajstić information content (AvgIpc) is 3.22. The normalized spacial score (nSPS) is 18.5. The summed E-state index contributed by atoms with van der Waals surface area (Å²) < 4.78 is 2.07. The highest BCUT2D eigenvalue weighted by molar-refractivity contribution is 5.74. The van der Waals surface area contributed by atoms with Gasteiger partial charge < -0.3 is 20.3 Å². The van der Waals surface area contributed by atoms with Gasteiger partial charge in [-0.2, -0.15) is 0 Å². The standard InChI is InChI=1S/C16H19N5O2/c22-13-4-1-3-10-11(13)6-7-12(10)18-16(23)17-9-15-20-19-14-5-2-8-21(14)15/h1,3-4,12,22H,2,5-9H2,(H2,17,18,23)/t12-/m0/s1. The van der Waals surface area contributed by atoms with Crippen LogP contribution in [0.15, 0.2) is 18.2 Å². The van der Waals surface area contributed by atoms with Crippen molar-refractivity contribution < 1.29 is 9.90 Å². The molecule has 1 aromatic carbocycles. The molecule has 1 aliphatic carbocycles. The number of aromatic nitrogens is 3. The Balaban J connectivity index is 1.37. The largest absolute Gasteiger partial charge is 0.508 e. The number of urea groups is 1. The molecule has 0 radical (unpaired) electrons.